The number of rotatable bonds is 4. The molecule has 1 unspecified atom stereocenters. The first-order valence-corrected chi connectivity index (χ1v) is 6.13. The lowest BCUT2D eigenvalue weighted by atomic mass is 10.3. The summed E-state index contributed by atoms with van der Waals surface area (Å²) in [6.45, 7) is 1.89. The summed E-state index contributed by atoms with van der Waals surface area (Å²) >= 11 is 5.76. The minimum absolute atomic E-state index is 0.0857. The summed E-state index contributed by atoms with van der Waals surface area (Å²) in [4.78, 5) is 11.8. The number of aromatic nitrogens is 3. The minimum Gasteiger partial charge on any atom is -0.324 e. The molecular formula is C12H14ClN5O. The lowest BCUT2D eigenvalue weighted by molar-refractivity contribution is -0.116. The lowest BCUT2D eigenvalue weighted by Crippen LogP contribution is -2.19. The summed E-state index contributed by atoms with van der Waals surface area (Å²) in [5, 5.41) is 11.1. The van der Waals surface area contributed by atoms with Gasteiger partial charge in [0.15, 0.2) is 0 Å². The third kappa shape index (κ3) is 3.77. The predicted molar refractivity (Wildman–Crippen MR) is 72.7 cm³/mol. The Bertz CT molecular complexity index is 564. The van der Waals surface area contributed by atoms with Crippen LogP contribution in [0, 0.1) is 0 Å². The minimum atomic E-state index is -0.201. The van der Waals surface area contributed by atoms with Crippen molar-refractivity contribution in [2.75, 3.05) is 5.32 Å². The fourth-order valence-electron chi connectivity index (χ4n) is 1.48. The third-order valence-electron chi connectivity index (χ3n) is 2.46. The van der Waals surface area contributed by atoms with E-state index in [9.17, 15) is 4.79 Å². The lowest BCUT2D eigenvalue weighted by Gasteiger charge is -2.04. The molecule has 0 aliphatic rings. The first kappa shape index (κ1) is 13.5. The summed E-state index contributed by atoms with van der Waals surface area (Å²) < 4.78 is 1.45. The number of benzene rings is 1. The Morgan fingerprint density at radius 2 is 2.16 bits per heavy atom. The van der Waals surface area contributed by atoms with Gasteiger partial charge in [-0.25, -0.2) is 4.68 Å². The number of hydrogen-bond acceptors (Lipinski definition) is 4. The van der Waals surface area contributed by atoms with Crippen molar-refractivity contribution < 1.29 is 4.79 Å². The van der Waals surface area contributed by atoms with E-state index in [1.54, 1.807) is 30.5 Å². The van der Waals surface area contributed by atoms with Crippen LogP contribution in [0.25, 0.3) is 0 Å². The summed E-state index contributed by atoms with van der Waals surface area (Å²) in [6.07, 6.45) is 1.66. The zero-order valence-corrected chi connectivity index (χ0v) is 11.1. The molecule has 2 rings (SSSR count). The maximum absolute atomic E-state index is 11.8. The summed E-state index contributed by atoms with van der Waals surface area (Å²) in [5.41, 5.74) is 7.00. The van der Waals surface area contributed by atoms with Crippen molar-refractivity contribution in [1.29, 1.82) is 0 Å². The maximum Gasteiger partial charge on any atom is 0.246 e. The van der Waals surface area contributed by atoms with Crippen LogP contribution in [0.15, 0.2) is 30.5 Å². The SMILES string of the molecule is CC(N)c1cn(CC(=O)Nc2ccc(Cl)cc2)nn1. The second kappa shape index (κ2) is 5.81. The van der Waals surface area contributed by atoms with Crippen molar-refractivity contribution in [2.24, 2.45) is 5.73 Å². The molecule has 0 saturated carbocycles. The second-order valence-corrected chi connectivity index (χ2v) is 4.62. The molecular weight excluding hydrogens is 266 g/mol. The highest BCUT2D eigenvalue weighted by molar-refractivity contribution is 6.30. The summed E-state index contributed by atoms with van der Waals surface area (Å²) in [7, 11) is 0. The van der Waals surface area contributed by atoms with Gasteiger partial charge < -0.3 is 11.1 Å². The number of nitrogens with one attached hydrogen (secondary N) is 1. The van der Waals surface area contributed by atoms with E-state index in [1.807, 2.05) is 6.92 Å². The molecule has 3 N–H and O–H groups in total. The van der Waals surface area contributed by atoms with Gasteiger partial charge >= 0.3 is 0 Å². The Morgan fingerprint density at radius 1 is 1.47 bits per heavy atom. The van der Waals surface area contributed by atoms with Crippen molar-refractivity contribution in [2.45, 2.75) is 19.5 Å². The van der Waals surface area contributed by atoms with Crippen molar-refractivity contribution in [3.05, 3.63) is 41.2 Å². The average molecular weight is 280 g/mol. The number of carbonyl (C=O) groups is 1. The van der Waals surface area contributed by atoms with Crippen LogP contribution in [0.1, 0.15) is 18.7 Å². The molecule has 0 aliphatic heterocycles. The normalized spacial score (nSPS) is 12.2. The van der Waals surface area contributed by atoms with Gasteiger partial charge in [-0.05, 0) is 31.2 Å². The molecule has 1 amide bonds. The Balaban J connectivity index is 1.95. The van der Waals surface area contributed by atoms with Gasteiger partial charge in [0, 0.05) is 16.8 Å². The number of halogens is 1. The Morgan fingerprint density at radius 3 is 2.74 bits per heavy atom. The van der Waals surface area contributed by atoms with Gasteiger partial charge in [-0.3, -0.25) is 4.79 Å². The van der Waals surface area contributed by atoms with E-state index in [-0.39, 0.29) is 18.5 Å². The molecule has 0 aliphatic carbocycles. The highest BCUT2D eigenvalue weighted by Gasteiger charge is 2.08. The molecule has 1 aromatic heterocycles. The fraction of sp³-hybridized carbons (Fsp3) is 0.250. The summed E-state index contributed by atoms with van der Waals surface area (Å²) in [5.74, 6) is -0.191. The standard InChI is InChI=1S/C12H14ClN5O/c1-8(14)11-6-18(17-16-11)7-12(19)15-10-4-2-9(13)3-5-10/h2-6,8H,7,14H2,1H3,(H,15,19). The molecule has 1 atom stereocenters. The third-order valence-corrected chi connectivity index (χ3v) is 2.71. The molecule has 0 spiro atoms. The number of nitrogens with zero attached hydrogens (tertiary/aromatic N) is 3. The molecule has 0 bridgehead atoms. The number of hydrogen-bond donors (Lipinski definition) is 2. The van der Waals surface area contributed by atoms with E-state index >= 15 is 0 Å². The number of anilines is 1. The van der Waals surface area contributed by atoms with Crippen molar-refractivity contribution in [3.8, 4) is 0 Å². The highest BCUT2D eigenvalue weighted by atomic mass is 35.5. The van der Waals surface area contributed by atoms with Gasteiger partial charge in [0.05, 0.1) is 11.9 Å². The van der Waals surface area contributed by atoms with E-state index in [0.29, 0.717) is 16.4 Å². The molecule has 6 nitrogen and oxygen atoms in total. The van der Waals surface area contributed by atoms with E-state index < -0.39 is 0 Å². The van der Waals surface area contributed by atoms with Crippen LogP contribution in [0.3, 0.4) is 0 Å². The van der Waals surface area contributed by atoms with Gasteiger partial charge in [0.2, 0.25) is 5.91 Å². The van der Waals surface area contributed by atoms with E-state index in [2.05, 4.69) is 15.6 Å². The molecule has 1 aromatic carbocycles. The highest BCUT2D eigenvalue weighted by Crippen LogP contribution is 2.13. The molecule has 0 saturated heterocycles. The molecule has 100 valence electrons. The van der Waals surface area contributed by atoms with Gasteiger partial charge in [-0.1, -0.05) is 16.8 Å². The smallest absolute Gasteiger partial charge is 0.246 e. The molecule has 19 heavy (non-hydrogen) atoms. The van der Waals surface area contributed by atoms with Gasteiger partial charge in [0.1, 0.15) is 6.54 Å². The van der Waals surface area contributed by atoms with E-state index in [1.165, 1.54) is 4.68 Å². The van der Waals surface area contributed by atoms with Crippen LogP contribution in [-0.4, -0.2) is 20.9 Å². The maximum atomic E-state index is 11.8. The van der Waals surface area contributed by atoms with E-state index in [4.69, 9.17) is 17.3 Å². The number of amides is 1. The molecule has 1 heterocycles. The monoisotopic (exact) mass is 279 g/mol. The fourth-order valence-corrected chi connectivity index (χ4v) is 1.61. The Labute approximate surface area is 115 Å². The van der Waals surface area contributed by atoms with Crippen LogP contribution < -0.4 is 11.1 Å². The Hall–Kier alpha value is -1.92. The topological polar surface area (TPSA) is 85.8 Å². The van der Waals surface area contributed by atoms with E-state index in [0.717, 1.165) is 0 Å². The van der Waals surface area contributed by atoms with Crippen LogP contribution >= 0.6 is 11.6 Å². The van der Waals surface area contributed by atoms with Crippen LogP contribution in [-0.2, 0) is 11.3 Å². The Kier molecular flexibility index (Phi) is 4.13. The van der Waals surface area contributed by atoms with Crippen molar-refractivity contribution >= 4 is 23.2 Å². The predicted octanol–water partition coefficient (Wildman–Crippen LogP) is 1.59. The number of nitrogens with two attached hydrogens (primary N) is 1. The van der Waals surface area contributed by atoms with Crippen molar-refractivity contribution in [3.63, 3.8) is 0 Å². The zero-order chi connectivity index (χ0) is 13.8. The van der Waals surface area contributed by atoms with Gasteiger partial charge in [0.25, 0.3) is 0 Å². The number of carbonyl (C=O) groups excluding carboxylic acids is 1. The average Bonchev–Trinajstić information content (AvgIpc) is 2.80. The molecule has 0 fully saturated rings. The first-order chi connectivity index (χ1) is 9.04. The zero-order valence-electron chi connectivity index (χ0n) is 10.4. The van der Waals surface area contributed by atoms with Crippen LogP contribution in [0.2, 0.25) is 5.02 Å². The summed E-state index contributed by atoms with van der Waals surface area (Å²) in [6, 6.07) is 6.68. The quantitative estimate of drug-likeness (QED) is 0.890. The molecule has 7 heteroatoms. The molecule has 2 aromatic rings. The van der Waals surface area contributed by atoms with Gasteiger partial charge in [-0.15, -0.1) is 5.10 Å². The molecule has 0 radical (unpaired) electrons. The second-order valence-electron chi connectivity index (χ2n) is 4.18. The first-order valence-electron chi connectivity index (χ1n) is 5.75. The largest absolute Gasteiger partial charge is 0.324 e. The van der Waals surface area contributed by atoms with Crippen LogP contribution in [0.5, 0.6) is 0 Å². The van der Waals surface area contributed by atoms with Gasteiger partial charge in [-0.2, -0.15) is 0 Å². The van der Waals surface area contributed by atoms with Crippen LogP contribution in [0.4, 0.5) is 5.69 Å². The van der Waals surface area contributed by atoms with Crippen molar-refractivity contribution in [1.82, 2.24) is 15.0 Å².